The first-order chi connectivity index (χ1) is 15.3. The number of sulfonamides is 1. The van der Waals surface area contributed by atoms with Crippen molar-refractivity contribution in [3.05, 3.63) is 58.4 Å². The van der Waals surface area contributed by atoms with Crippen LogP contribution in [0.25, 0.3) is 10.9 Å². The van der Waals surface area contributed by atoms with E-state index in [2.05, 4.69) is 9.71 Å². The van der Waals surface area contributed by atoms with E-state index in [0.29, 0.717) is 49.0 Å². The van der Waals surface area contributed by atoms with E-state index in [1.165, 1.54) is 29.3 Å². The highest BCUT2D eigenvalue weighted by Crippen LogP contribution is 2.33. The molecular formula is C22H23N3O6S. The average Bonchev–Trinajstić information content (AvgIpc) is 2.79. The lowest BCUT2D eigenvalue weighted by molar-refractivity contribution is 0.0771. The Morgan fingerprint density at radius 3 is 2.50 bits per heavy atom. The van der Waals surface area contributed by atoms with Crippen LogP contribution in [0.1, 0.15) is 24.2 Å². The molecule has 0 aliphatic carbocycles. The van der Waals surface area contributed by atoms with Crippen LogP contribution >= 0.6 is 0 Å². The number of aromatic amines is 1. The fraction of sp³-hybridized carbons (Fsp3) is 0.273. The Morgan fingerprint density at radius 2 is 1.78 bits per heavy atom. The van der Waals surface area contributed by atoms with Crippen LogP contribution in [0.3, 0.4) is 0 Å². The molecule has 2 heterocycles. The van der Waals surface area contributed by atoms with Gasteiger partial charge in [-0.05, 0) is 44.2 Å². The molecule has 32 heavy (non-hydrogen) atoms. The molecule has 10 heteroatoms. The second-order valence-electron chi connectivity index (χ2n) is 7.18. The highest BCUT2D eigenvalue weighted by Gasteiger charge is 2.21. The van der Waals surface area contributed by atoms with Gasteiger partial charge < -0.3 is 19.4 Å². The van der Waals surface area contributed by atoms with E-state index in [4.69, 9.17) is 9.47 Å². The summed E-state index contributed by atoms with van der Waals surface area (Å²) in [7, 11) is -4.00. The van der Waals surface area contributed by atoms with Crippen LogP contribution in [0.5, 0.6) is 11.5 Å². The lowest BCUT2D eigenvalue weighted by atomic mass is 10.1. The van der Waals surface area contributed by atoms with E-state index in [-0.39, 0.29) is 15.8 Å². The second-order valence-corrected chi connectivity index (χ2v) is 8.86. The molecule has 0 saturated heterocycles. The number of rotatable bonds is 6. The molecule has 0 atom stereocenters. The van der Waals surface area contributed by atoms with E-state index in [1.807, 2.05) is 13.8 Å². The van der Waals surface area contributed by atoms with Gasteiger partial charge in [-0.2, -0.15) is 0 Å². The quantitative estimate of drug-likeness (QED) is 0.588. The Labute approximate surface area is 185 Å². The summed E-state index contributed by atoms with van der Waals surface area (Å²) in [5.74, 6) is 0.591. The van der Waals surface area contributed by atoms with E-state index in [9.17, 15) is 18.0 Å². The maximum absolute atomic E-state index is 13.0. The number of H-pyrrole nitrogens is 1. The van der Waals surface area contributed by atoms with Crippen LogP contribution in [0.15, 0.2) is 52.3 Å². The smallest absolute Gasteiger partial charge is 0.261 e. The van der Waals surface area contributed by atoms with Gasteiger partial charge in [-0.15, -0.1) is 0 Å². The van der Waals surface area contributed by atoms with Crippen molar-refractivity contribution in [1.82, 2.24) is 9.88 Å². The highest BCUT2D eigenvalue weighted by atomic mass is 32.2. The van der Waals surface area contributed by atoms with Crippen LogP contribution < -0.4 is 19.6 Å². The van der Waals surface area contributed by atoms with Crippen molar-refractivity contribution in [3.63, 3.8) is 0 Å². The van der Waals surface area contributed by atoms with Gasteiger partial charge in [0, 0.05) is 36.3 Å². The number of hydrogen-bond acceptors (Lipinski definition) is 6. The van der Waals surface area contributed by atoms with Gasteiger partial charge in [0.2, 0.25) is 5.43 Å². The lowest BCUT2D eigenvalue weighted by Crippen LogP contribution is -2.34. The van der Waals surface area contributed by atoms with Gasteiger partial charge in [0.25, 0.3) is 15.9 Å². The Kier molecular flexibility index (Phi) is 5.79. The molecule has 0 fully saturated rings. The number of nitrogens with one attached hydrogen (secondary N) is 2. The normalized spacial score (nSPS) is 13.1. The number of carbonyl (C=O) groups is 1. The summed E-state index contributed by atoms with van der Waals surface area (Å²) >= 11 is 0. The zero-order valence-electron chi connectivity index (χ0n) is 17.7. The molecule has 168 valence electrons. The summed E-state index contributed by atoms with van der Waals surface area (Å²) in [5.41, 5.74) is 0.181. The van der Waals surface area contributed by atoms with E-state index in [0.717, 1.165) is 0 Å². The summed E-state index contributed by atoms with van der Waals surface area (Å²) in [6, 6.07) is 8.90. The molecule has 1 aliphatic heterocycles. The van der Waals surface area contributed by atoms with Crippen LogP contribution in [0.2, 0.25) is 0 Å². The van der Waals surface area contributed by atoms with Crippen LogP contribution in [0.4, 0.5) is 5.69 Å². The monoisotopic (exact) mass is 457 g/mol. The predicted molar refractivity (Wildman–Crippen MR) is 120 cm³/mol. The van der Waals surface area contributed by atoms with Crippen LogP contribution in [-0.2, 0) is 10.0 Å². The summed E-state index contributed by atoms with van der Waals surface area (Å²) in [6.45, 7) is 5.38. The topological polar surface area (TPSA) is 118 Å². The molecule has 0 bridgehead atoms. The number of nitrogens with zero attached hydrogens (tertiary/aromatic N) is 1. The van der Waals surface area contributed by atoms with Crippen molar-refractivity contribution < 1.29 is 22.7 Å². The number of anilines is 1. The first-order valence-corrected chi connectivity index (χ1v) is 11.7. The summed E-state index contributed by atoms with van der Waals surface area (Å²) in [5, 5.41) is 0.119. The first kappa shape index (κ1) is 21.7. The number of fused-ring (bicyclic) bond motifs is 2. The third kappa shape index (κ3) is 4.01. The zero-order chi connectivity index (χ0) is 22.9. The minimum atomic E-state index is -4.00. The molecule has 1 amide bonds. The Balaban J connectivity index is 1.70. The molecular weight excluding hydrogens is 434 g/mol. The fourth-order valence-corrected chi connectivity index (χ4v) is 4.60. The van der Waals surface area contributed by atoms with E-state index >= 15 is 0 Å². The van der Waals surface area contributed by atoms with E-state index < -0.39 is 21.4 Å². The maximum Gasteiger partial charge on any atom is 0.261 e. The lowest BCUT2D eigenvalue weighted by Gasteiger charge is -2.19. The standard InChI is InChI=1S/C22H23N3O6S/c1-3-25(4-2)22(27)17-13-23-18-7-6-15(12-16(18)21(17)26)32(28,29)24-14-5-8-19-20(11-14)31-10-9-30-19/h5-8,11-13,24H,3-4,9-10H2,1-2H3,(H,23,26). The number of benzene rings is 2. The number of pyridine rings is 1. The van der Waals surface area contributed by atoms with Gasteiger partial charge in [-0.1, -0.05) is 0 Å². The molecule has 2 aromatic carbocycles. The minimum absolute atomic E-state index is 0.0319. The maximum atomic E-state index is 13.0. The van der Waals surface area contributed by atoms with Gasteiger partial charge in [-0.25, -0.2) is 8.42 Å². The third-order valence-corrected chi connectivity index (χ3v) is 6.62. The van der Waals surface area contributed by atoms with Gasteiger partial charge in [0.1, 0.15) is 18.8 Å². The molecule has 1 aliphatic rings. The molecule has 2 N–H and O–H groups in total. The first-order valence-electron chi connectivity index (χ1n) is 10.2. The predicted octanol–water partition coefficient (Wildman–Crippen LogP) is 2.58. The Hall–Kier alpha value is -3.53. The number of hydrogen-bond donors (Lipinski definition) is 2. The van der Waals surface area contributed by atoms with Gasteiger partial charge in [0.15, 0.2) is 11.5 Å². The highest BCUT2D eigenvalue weighted by molar-refractivity contribution is 7.92. The largest absolute Gasteiger partial charge is 0.486 e. The van der Waals surface area contributed by atoms with Crippen molar-refractivity contribution in [3.8, 4) is 11.5 Å². The number of aromatic nitrogens is 1. The molecule has 0 spiro atoms. The second kappa shape index (κ2) is 8.54. The third-order valence-electron chi connectivity index (χ3n) is 5.24. The van der Waals surface area contributed by atoms with Crippen LogP contribution in [0, 0.1) is 0 Å². The number of carbonyl (C=O) groups excluding carboxylic acids is 1. The molecule has 0 saturated carbocycles. The van der Waals surface area contributed by atoms with Gasteiger partial charge in [0.05, 0.1) is 10.6 Å². The summed E-state index contributed by atoms with van der Waals surface area (Å²) in [6.07, 6.45) is 1.37. The van der Waals surface area contributed by atoms with Crippen molar-refractivity contribution in [1.29, 1.82) is 0 Å². The van der Waals surface area contributed by atoms with Crippen molar-refractivity contribution in [2.45, 2.75) is 18.7 Å². The number of amides is 1. The molecule has 4 rings (SSSR count). The molecule has 3 aromatic rings. The van der Waals surface area contributed by atoms with Crippen molar-refractivity contribution in [2.24, 2.45) is 0 Å². The molecule has 0 radical (unpaired) electrons. The fourth-order valence-electron chi connectivity index (χ4n) is 3.53. The van der Waals surface area contributed by atoms with Crippen LogP contribution in [-0.4, -0.2) is 50.5 Å². The van der Waals surface area contributed by atoms with Gasteiger partial charge in [-0.3, -0.25) is 14.3 Å². The SMILES string of the molecule is CCN(CC)C(=O)c1c[nH]c2ccc(S(=O)(=O)Nc3ccc4c(c3)OCCO4)cc2c1=O. The summed E-state index contributed by atoms with van der Waals surface area (Å²) in [4.78, 5) is 30.0. The molecule has 9 nitrogen and oxygen atoms in total. The van der Waals surface area contributed by atoms with Gasteiger partial charge >= 0.3 is 0 Å². The Morgan fingerprint density at radius 1 is 1.06 bits per heavy atom. The zero-order valence-corrected chi connectivity index (χ0v) is 18.5. The summed E-state index contributed by atoms with van der Waals surface area (Å²) < 4.78 is 39.4. The molecule has 0 unspecified atom stereocenters. The number of ether oxygens (including phenoxy) is 2. The van der Waals surface area contributed by atoms with Crippen molar-refractivity contribution in [2.75, 3.05) is 31.0 Å². The average molecular weight is 458 g/mol. The van der Waals surface area contributed by atoms with E-state index in [1.54, 1.807) is 18.2 Å². The Bertz CT molecular complexity index is 1350. The van der Waals surface area contributed by atoms with Crippen molar-refractivity contribution >= 4 is 32.5 Å². The molecule has 1 aromatic heterocycles. The minimum Gasteiger partial charge on any atom is -0.486 e.